The number of carbonyl (C=O) groups excluding carboxylic acids is 1. The zero-order chi connectivity index (χ0) is 16.7. The van der Waals surface area contributed by atoms with Crippen LogP contribution in [0.2, 0.25) is 0 Å². The van der Waals surface area contributed by atoms with Crippen LogP contribution in [0.25, 0.3) is 0 Å². The predicted octanol–water partition coefficient (Wildman–Crippen LogP) is 4.54. The van der Waals surface area contributed by atoms with Crippen LogP contribution in [0, 0.1) is 0 Å². The zero-order valence-corrected chi connectivity index (χ0v) is 13.5. The van der Waals surface area contributed by atoms with Gasteiger partial charge in [-0.15, -0.1) is 0 Å². The maximum Gasteiger partial charge on any atom is 0.156 e. The van der Waals surface area contributed by atoms with Crippen LogP contribution < -0.4 is 0 Å². The van der Waals surface area contributed by atoms with Crippen molar-refractivity contribution in [2.24, 2.45) is 0 Å². The lowest BCUT2D eigenvalue weighted by atomic mass is 9.88. The molecule has 0 radical (unpaired) electrons. The number of hydrogen-bond acceptors (Lipinski definition) is 2. The number of aldehydes is 1. The first-order valence-electron chi connectivity index (χ1n) is 8.06. The van der Waals surface area contributed by atoms with Crippen molar-refractivity contribution in [3.63, 3.8) is 0 Å². The Balaban J connectivity index is 1.91. The van der Waals surface area contributed by atoms with Gasteiger partial charge in [0.1, 0.15) is 0 Å². The van der Waals surface area contributed by atoms with Gasteiger partial charge in [-0.1, -0.05) is 91.0 Å². The van der Waals surface area contributed by atoms with E-state index in [2.05, 4.69) is 0 Å². The van der Waals surface area contributed by atoms with Gasteiger partial charge in [0.2, 0.25) is 0 Å². The summed E-state index contributed by atoms with van der Waals surface area (Å²) in [5.41, 5.74) is 2.01. The Labute approximate surface area is 142 Å². The standard InChI is InChI=1S/C22H20O2/c23-18-22(21-14-8-3-9-15-21,16-19-10-4-1-5-11-19)24-17-20-12-6-2-7-13-20/h1-15,18H,16-17H2. The fourth-order valence-electron chi connectivity index (χ4n) is 2.79. The van der Waals surface area contributed by atoms with E-state index >= 15 is 0 Å². The lowest BCUT2D eigenvalue weighted by Gasteiger charge is -2.29. The van der Waals surface area contributed by atoms with Gasteiger partial charge in [-0.05, 0) is 16.7 Å². The van der Waals surface area contributed by atoms with E-state index in [0.717, 1.165) is 23.0 Å². The molecule has 0 saturated carbocycles. The van der Waals surface area contributed by atoms with E-state index in [1.165, 1.54) is 0 Å². The molecule has 0 aromatic heterocycles. The fraction of sp³-hybridized carbons (Fsp3) is 0.136. The first-order valence-corrected chi connectivity index (χ1v) is 8.06. The average molecular weight is 316 g/mol. The van der Waals surface area contributed by atoms with Crippen LogP contribution in [-0.4, -0.2) is 6.29 Å². The molecule has 2 heteroatoms. The van der Waals surface area contributed by atoms with Gasteiger partial charge in [-0.3, -0.25) is 4.79 Å². The van der Waals surface area contributed by atoms with Crippen LogP contribution >= 0.6 is 0 Å². The molecule has 1 unspecified atom stereocenters. The molecule has 0 heterocycles. The Morgan fingerprint density at radius 2 is 1.21 bits per heavy atom. The summed E-state index contributed by atoms with van der Waals surface area (Å²) in [6.45, 7) is 0.390. The summed E-state index contributed by atoms with van der Waals surface area (Å²) in [7, 11) is 0. The van der Waals surface area contributed by atoms with Crippen LogP contribution in [-0.2, 0) is 28.2 Å². The van der Waals surface area contributed by atoms with Crippen molar-refractivity contribution in [3.8, 4) is 0 Å². The third-order valence-electron chi connectivity index (χ3n) is 4.10. The average Bonchev–Trinajstić information content (AvgIpc) is 2.67. The molecule has 0 saturated heterocycles. The summed E-state index contributed by atoms with van der Waals surface area (Å²) in [6.07, 6.45) is 1.44. The summed E-state index contributed by atoms with van der Waals surface area (Å²) in [4.78, 5) is 12.1. The van der Waals surface area contributed by atoms with Crippen molar-refractivity contribution in [1.29, 1.82) is 0 Å². The molecule has 0 aliphatic rings. The summed E-state index contributed by atoms with van der Waals surface area (Å²) >= 11 is 0. The van der Waals surface area contributed by atoms with Gasteiger partial charge in [-0.25, -0.2) is 0 Å². The van der Waals surface area contributed by atoms with E-state index in [0.29, 0.717) is 13.0 Å². The quantitative estimate of drug-likeness (QED) is 0.598. The van der Waals surface area contributed by atoms with E-state index in [1.807, 2.05) is 91.0 Å². The maximum atomic E-state index is 12.1. The molecule has 0 aliphatic carbocycles. The molecule has 3 rings (SSSR count). The summed E-state index contributed by atoms with van der Waals surface area (Å²) < 4.78 is 6.19. The number of benzene rings is 3. The highest BCUT2D eigenvalue weighted by atomic mass is 16.5. The highest BCUT2D eigenvalue weighted by molar-refractivity contribution is 5.67. The van der Waals surface area contributed by atoms with Crippen molar-refractivity contribution in [2.45, 2.75) is 18.6 Å². The van der Waals surface area contributed by atoms with Gasteiger partial charge in [0.15, 0.2) is 11.9 Å². The van der Waals surface area contributed by atoms with Gasteiger partial charge in [0.25, 0.3) is 0 Å². The van der Waals surface area contributed by atoms with Crippen LogP contribution in [0.15, 0.2) is 91.0 Å². The second kappa shape index (κ2) is 7.71. The highest BCUT2D eigenvalue weighted by Crippen LogP contribution is 2.29. The first kappa shape index (κ1) is 16.2. The maximum absolute atomic E-state index is 12.1. The van der Waals surface area contributed by atoms with Crippen LogP contribution in [0.5, 0.6) is 0 Å². The third kappa shape index (κ3) is 3.79. The van der Waals surface area contributed by atoms with Crippen LogP contribution in [0.1, 0.15) is 16.7 Å². The summed E-state index contributed by atoms with van der Waals surface area (Å²) in [6, 6.07) is 29.6. The highest BCUT2D eigenvalue weighted by Gasteiger charge is 2.33. The molecule has 3 aromatic rings. The second-order valence-corrected chi connectivity index (χ2v) is 5.81. The molecule has 24 heavy (non-hydrogen) atoms. The van der Waals surface area contributed by atoms with Crippen molar-refractivity contribution in [3.05, 3.63) is 108 Å². The largest absolute Gasteiger partial charge is 0.358 e. The molecule has 3 aromatic carbocycles. The molecule has 120 valence electrons. The summed E-state index contributed by atoms with van der Waals surface area (Å²) in [5, 5.41) is 0. The van der Waals surface area contributed by atoms with E-state index < -0.39 is 5.60 Å². The predicted molar refractivity (Wildman–Crippen MR) is 95.6 cm³/mol. The molecule has 0 bridgehead atoms. The topological polar surface area (TPSA) is 26.3 Å². The van der Waals surface area contributed by atoms with Gasteiger partial charge in [0.05, 0.1) is 6.61 Å². The Morgan fingerprint density at radius 1 is 0.708 bits per heavy atom. The van der Waals surface area contributed by atoms with Gasteiger partial charge >= 0.3 is 0 Å². The van der Waals surface area contributed by atoms with Crippen molar-refractivity contribution >= 4 is 6.29 Å². The zero-order valence-electron chi connectivity index (χ0n) is 13.5. The molecule has 0 spiro atoms. The number of ether oxygens (including phenoxy) is 1. The first-order chi connectivity index (χ1) is 11.8. The molecule has 0 aliphatic heterocycles. The third-order valence-corrected chi connectivity index (χ3v) is 4.10. The molecular formula is C22H20O2. The minimum absolute atomic E-state index is 0.390. The second-order valence-electron chi connectivity index (χ2n) is 5.81. The number of hydrogen-bond donors (Lipinski definition) is 0. The lowest BCUT2D eigenvalue weighted by molar-refractivity contribution is -0.135. The van der Waals surface area contributed by atoms with Crippen LogP contribution in [0.3, 0.4) is 0 Å². The molecular weight excluding hydrogens is 296 g/mol. The Bertz CT molecular complexity index is 754. The molecule has 0 amide bonds. The Morgan fingerprint density at radius 3 is 1.75 bits per heavy atom. The van der Waals surface area contributed by atoms with Gasteiger partial charge < -0.3 is 4.74 Å². The van der Waals surface area contributed by atoms with E-state index in [4.69, 9.17) is 4.74 Å². The van der Waals surface area contributed by atoms with E-state index in [9.17, 15) is 4.79 Å². The normalized spacial score (nSPS) is 13.2. The molecule has 2 nitrogen and oxygen atoms in total. The van der Waals surface area contributed by atoms with Gasteiger partial charge in [0, 0.05) is 6.42 Å². The van der Waals surface area contributed by atoms with Crippen LogP contribution in [0.4, 0.5) is 0 Å². The lowest BCUT2D eigenvalue weighted by Crippen LogP contribution is -2.34. The fourth-order valence-corrected chi connectivity index (χ4v) is 2.79. The summed E-state index contributed by atoms with van der Waals surface area (Å²) in [5.74, 6) is 0. The van der Waals surface area contributed by atoms with Gasteiger partial charge in [-0.2, -0.15) is 0 Å². The molecule has 0 N–H and O–H groups in total. The minimum atomic E-state index is -0.988. The Kier molecular flexibility index (Phi) is 5.19. The van der Waals surface area contributed by atoms with E-state index in [1.54, 1.807) is 0 Å². The monoisotopic (exact) mass is 316 g/mol. The van der Waals surface area contributed by atoms with Crippen molar-refractivity contribution < 1.29 is 9.53 Å². The van der Waals surface area contributed by atoms with Crippen molar-refractivity contribution in [2.75, 3.05) is 0 Å². The molecule has 0 fully saturated rings. The van der Waals surface area contributed by atoms with Crippen molar-refractivity contribution in [1.82, 2.24) is 0 Å². The number of carbonyl (C=O) groups is 1. The molecule has 1 atom stereocenters. The van der Waals surface area contributed by atoms with E-state index in [-0.39, 0.29) is 0 Å². The smallest absolute Gasteiger partial charge is 0.156 e. The Hall–Kier alpha value is -2.71. The SMILES string of the molecule is O=CC(Cc1ccccc1)(OCc1ccccc1)c1ccccc1. The minimum Gasteiger partial charge on any atom is -0.358 e. The number of rotatable bonds is 7.